The molecule has 0 aromatic heterocycles. The molecule has 0 heterocycles. The fourth-order valence-electron chi connectivity index (χ4n) is 2.39. The number of hydrogen-bond donors (Lipinski definition) is 1. The molecule has 4 heteroatoms. The van der Waals surface area contributed by atoms with Crippen molar-refractivity contribution in [2.45, 2.75) is 43.9 Å². The molecule has 0 radical (unpaired) electrons. The van der Waals surface area contributed by atoms with Gasteiger partial charge in [0, 0.05) is 0 Å². The molecule has 1 aliphatic carbocycles. The number of rotatable bonds is 2. The fraction of sp³-hybridized carbons (Fsp3) is 0.500. The summed E-state index contributed by atoms with van der Waals surface area (Å²) in [4.78, 5) is 0.0463. The summed E-state index contributed by atoms with van der Waals surface area (Å²) in [5, 5.41) is 0. The molecule has 1 N–H and O–H groups in total. The highest BCUT2D eigenvalue weighted by molar-refractivity contribution is 7.85. The summed E-state index contributed by atoms with van der Waals surface area (Å²) in [5.74, 6) is 0. The molecule has 16 heavy (non-hydrogen) atoms. The Labute approximate surface area is 96.2 Å². The Morgan fingerprint density at radius 1 is 1.25 bits per heavy atom. The molecule has 0 atom stereocenters. The van der Waals surface area contributed by atoms with E-state index in [1.54, 1.807) is 12.1 Å². The van der Waals surface area contributed by atoms with Crippen LogP contribution in [0.3, 0.4) is 0 Å². The summed E-state index contributed by atoms with van der Waals surface area (Å²) in [7, 11) is -4.07. The lowest BCUT2D eigenvalue weighted by Gasteiger charge is -2.19. The molecule has 0 bridgehead atoms. The van der Waals surface area contributed by atoms with E-state index in [0.717, 1.165) is 36.8 Å². The SMILES string of the molecule is CCc1cc(S(=O)(=O)O)cc2c1CCCC2. The Morgan fingerprint density at radius 2 is 1.94 bits per heavy atom. The van der Waals surface area contributed by atoms with Gasteiger partial charge in [-0.25, -0.2) is 0 Å². The minimum absolute atomic E-state index is 0.0463. The van der Waals surface area contributed by atoms with E-state index in [2.05, 4.69) is 0 Å². The van der Waals surface area contributed by atoms with Gasteiger partial charge in [0.2, 0.25) is 0 Å². The standard InChI is InChI=1S/C12H16O3S/c1-2-9-7-11(16(13,14)15)8-10-5-3-4-6-12(9)10/h7-8H,2-6H2,1H3,(H,13,14,15). The quantitative estimate of drug-likeness (QED) is 0.807. The van der Waals surface area contributed by atoms with Crippen molar-refractivity contribution in [3.63, 3.8) is 0 Å². The van der Waals surface area contributed by atoms with Crippen LogP contribution in [0.25, 0.3) is 0 Å². The Kier molecular flexibility index (Phi) is 3.04. The van der Waals surface area contributed by atoms with Gasteiger partial charge in [-0.1, -0.05) is 6.92 Å². The van der Waals surface area contributed by atoms with Crippen LogP contribution >= 0.6 is 0 Å². The van der Waals surface area contributed by atoms with Crippen molar-refractivity contribution in [3.8, 4) is 0 Å². The molecule has 0 saturated carbocycles. The maximum atomic E-state index is 11.1. The van der Waals surface area contributed by atoms with Gasteiger partial charge in [0.1, 0.15) is 0 Å². The zero-order valence-electron chi connectivity index (χ0n) is 9.36. The summed E-state index contributed by atoms with van der Waals surface area (Å²) in [5.41, 5.74) is 3.45. The Morgan fingerprint density at radius 3 is 2.56 bits per heavy atom. The third-order valence-electron chi connectivity index (χ3n) is 3.21. The van der Waals surface area contributed by atoms with E-state index < -0.39 is 10.1 Å². The van der Waals surface area contributed by atoms with Crippen molar-refractivity contribution in [2.75, 3.05) is 0 Å². The normalized spacial score (nSPS) is 15.9. The van der Waals surface area contributed by atoms with Crippen LogP contribution < -0.4 is 0 Å². The molecule has 0 aliphatic heterocycles. The average Bonchev–Trinajstić information content (AvgIpc) is 2.26. The molecular weight excluding hydrogens is 224 g/mol. The van der Waals surface area contributed by atoms with E-state index in [1.807, 2.05) is 6.92 Å². The van der Waals surface area contributed by atoms with Gasteiger partial charge in [0.05, 0.1) is 4.90 Å². The number of aryl methyl sites for hydroxylation is 2. The summed E-state index contributed by atoms with van der Waals surface area (Å²) in [6.07, 6.45) is 5.04. The predicted octanol–water partition coefficient (Wildman–Crippen LogP) is 2.37. The molecule has 1 aliphatic rings. The minimum Gasteiger partial charge on any atom is -0.282 e. The molecular formula is C12H16O3S. The largest absolute Gasteiger partial charge is 0.294 e. The van der Waals surface area contributed by atoms with Crippen molar-refractivity contribution in [1.29, 1.82) is 0 Å². The van der Waals surface area contributed by atoms with E-state index in [4.69, 9.17) is 4.55 Å². The Hall–Kier alpha value is -0.870. The number of hydrogen-bond acceptors (Lipinski definition) is 2. The van der Waals surface area contributed by atoms with Crippen LogP contribution in [-0.4, -0.2) is 13.0 Å². The predicted molar refractivity (Wildman–Crippen MR) is 62.3 cm³/mol. The zero-order valence-corrected chi connectivity index (χ0v) is 10.2. The van der Waals surface area contributed by atoms with Crippen LogP contribution in [0.5, 0.6) is 0 Å². The molecule has 2 rings (SSSR count). The van der Waals surface area contributed by atoms with Crippen LogP contribution in [-0.2, 0) is 29.4 Å². The maximum Gasteiger partial charge on any atom is 0.294 e. The van der Waals surface area contributed by atoms with Crippen LogP contribution in [0.4, 0.5) is 0 Å². The highest BCUT2D eigenvalue weighted by Crippen LogP contribution is 2.28. The summed E-state index contributed by atoms with van der Waals surface area (Å²) in [6, 6.07) is 3.24. The van der Waals surface area contributed by atoms with Crippen molar-refractivity contribution in [1.82, 2.24) is 0 Å². The van der Waals surface area contributed by atoms with Gasteiger partial charge >= 0.3 is 0 Å². The average molecular weight is 240 g/mol. The van der Waals surface area contributed by atoms with Gasteiger partial charge in [-0.15, -0.1) is 0 Å². The van der Waals surface area contributed by atoms with Gasteiger partial charge in [0.15, 0.2) is 0 Å². The van der Waals surface area contributed by atoms with Crippen LogP contribution in [0.2, 0.25) is 0 Å². The van der Waals surface area contributed by atoms with Crippen molar-refractivity contribution >= 4 is 10.1 Å². The summed E-state index contributed by atoms with van der Waals surface area (Å²) >= 11 is 0. The third kappa shape index (κ3) is 2.13. The molecule has 1 aromatic carbocycles. The lowest BCUT2D eigenvalue weighted by molar-refractivity contribution is 0.482. The molecule has 88 valence electrons. The number of fused-ring (bicyclic) bond motifs is 1. The first-order valence-corrected chi connectivity index (χ1v) is 7.08. The Bertz CT molecular complexity index is 486. The monoisotopic (exact) mass is 240 g/mol. The second-order valence-electron chi connectivity index (χ2n) is 4.26. The second kappa shape index (κ2) is 4.18. The van der Waals surface area contributed by atoms with Crippen LogP contribution in [0, 0.1) is 0 Å². The van der Waals surface area contributed by atoms with Crippen molar-refractivity contribution in [2.24, 2.45) is 0 Å². The lowest BCUT2D eigenvalue weighted by atomic mass is 9.87. The van der Waals surface area contributed by atoms with Crippen LogP contribution in [0.1, 0.15) is 36.5 Å². The highest BCUT2D eigenvalue weighted by atomic mass is 32.2. The van der Waals surface area contributed by atoms with Gasteiger partial charge in [-0.05, 0) is 60.9 Å². The van der Waals surface area contributed by atoms with Gasteiger partial charge in [-0.2, -0.15) is 8.42 Å². The van der Waals surface area contributed by atoms with Crippen molar-refractivity contribution < 1.29 is 13.0 Å². The van der Waals surface area contributed by atoms with Gasteiger partial charge in [0.25, 0.3) is 10.1 Å². The fourth-order valence-corrected chi connectivity index (χ4v) is 2.97. The van der Waals surface area contributed by atoms with Gasteiger partial charge in [-0.3, -0.25) is 4.55 Å². The maximum absolute atomic E-state index is 11.1. The molecule has 0 amide bonds. The molecule has 0 fully saturated rings. The van der Waals surface area contributed by atoms with E-state index in [-0.39, 0.29) is 4.90 Å². The summed E-state index contributed by atoms with van der Waals surface area (Å²) in [6.45, 7) is 2.01. The Balaban J connectivity index is 2.61. The van der Waals surface area contributed by atoms with E-state index >= 15 is 0 Å². The molecule has 0 saturated heterocycles. The smallest absolute Gasteiger partial charge is 0.282 e. The first-order chi connectivity index (χ1) is 7.52. The van der Waals surface area contributed by atoms with Crippen LogP contribution in [0.15, 0.2) is 17.0 Å². The van der Waals surface area contributed by atoms with E-state index in [1.165, 1.54) is 12.0 Å². The topological polar surface area (TPSA) is 54.4 Å². The molecule has 3 nitrogen and oxygen atoms in total. The second-order valence-corrected chi connectivity index (χ2v) is 5.68. The zero-order chi connectivity index (χ0) is 11.8. The van der Waals surface area contributed by atoms with Gasteiger partial charge < -0.3 is 0 Å². The van der Waals surface area contributed by atoms with E-state index in [9.17, 15) is 8.42 Å². The highest BCUT2D eigenvalue weighted by Gasteiger charge is 2.18. The van der Waals surface area contributed by atoms with Crippen molar-refractivity contribution in [3.05, 3.63) is 28.8 Å². The molecule has 0 spiro atoms. The third-order valence-corrected chi connectivity index (χ3v) is 4.04. The lowest BCUT2D eigenvalue weighted by Crippen LogP contribution is -2.09. The number of benzene rings is 1. The first kappa shape index (κ1) is 11.6. The minimum atomic E-state index is -4.07. The summed E-state index contributed by atoms with van der Waals surface area (Å²) < 4.78 is 31.4. The first-order valence-electron chi connectivity index (χ1n) is 5.64. The molecule has 0 unspecified atom stereocenters. The van der Waals surface area contributed by atoms with E-state index in [0.29, 0.717) is 0 Å². The molecule has 1 aromatic rings.